The highest BCUT2D eigenvalue weighted by Crippen LogP contribution is 2.19. The minimum absolute atomic E-state index is 0. The van der Waals surface area contributed by atoms with Gasteiger partial charge in [0.1, 0.15) is 5.82 Å². The standard InChI is InChI=1S/C24H31FN6.HI/c1-17-13-18(2)31(29-17)22-12-7-6-9-20(22)15-27-24(26-3)28-16-23(30(4)5)19-10-8-11-21(25)14-19;/h6-14,23H,15-16H2,1-5H3,(H2,26,27,28);1H. The molecule has 172 valence electrons. The van der Waals surface area contributed by atoms with Gasteiger partial charge in [-0.1, -0.05) is 30.3 Å². The molecule has 0 saturated carbocycles. The Morgan fingerprint density at radius 3 is 2.47 bits per heavy atom. The molecular weight excluding hydrogens is 518 g/mol. The van der Waals surface area contributed by atoms with E-state index >= 15 is 0 Å². The Balaban J connectivity index is 0.00000363. The minimum Gasteiger partial charge on any atom is -0.354 e. The molecule has 0 aliphatic rings. The summed E-state index contributed by atoms with van der Waals surface area (Å²) in [5.74, 6) is 0.457. The lowest BCUT2D eigenvalue weighted by Crippen LogP contribution is -2.41. The van der Waals surface area contributed by atoms with E-state index in [1.165, 1.54) is 6.07 Å². The van der Waals surface area contributed by atoms with Crippen molar-refractivity contribution in [1.29, 1.82) is 0 Å². The Morgan fingerprint density at radius 2 is 1.84 bits per heavy atom. The second-order valence-electron chi connectivity index (χ2n) is 7.81. The molecule has 0 saturated heterocycles. The number of aryl methyl sites for hydroxylation is 2. The molecule has 6 nitrogen and oxygen atoms in total. The monoisotopic (exact) mass is 550 g/mol. The van der Waals surface area contributed by atoms with Crippen LogP contribution in [0.3, 0.4) is 0 Å². The van der Waals surface area contributed by atoms with Gasteiger partial charge < -0.3 is 15.5 Å². The third-order valence-electron chi connectivity index (χ3n) is 5.22. The molecule has 1 unspecified atom stereocenters. The van der Waals surface area contributed by atoms with Crippen molar-refractivity contribution in [2.45, 2.75) is 26.4 Å². The Labute approximate surface area is 207 Å². The zero-order valence-electron chi connectivity index (χ0n) is 19.3. The van der Waals surface area contributed by atoms with E-state index in [-0.39, 0.29) is 35.8 Å². The van der Waals surface area contributed by atoms with E-state index in [9.17, 15) is 4.39 Å². The molecular formula is C24H32FIN6. The molecule has 0 amide bonds. The van der Waals surface area contributed by atoms with Gasteiger partial charge in [-0.25, -0.2) is 9.07 Å². The van der Waals surface area contributed by atoms with Crippen molar-refractivity contribution < 1.29 is 4.39 Å². The Bertz CT molecular complexity index is 1050. The van der Waals surface area contributed by atoms with Gasteiger partial charge >= 0.3 is 0 Å². The van der Waals surface area contributed by atoms with Gasteiger partial charge in [-0.3, -0.25) is 4.99 Å². The van der Waals surface area contributed by atoms with Gasteiger partial charge in [0.25, 0.3) is 0 Å². The summed E-state index contributed by atoms with van der Waals surface area (Å²) in [7, 11) is 5.71. The smallest absolute Gasteiger partial charge is 0.191 e. The number of para-hydroxylation sites is 1. The lowest BCUT2D eigenvalue weighted by atomic mass is 10.1. The quantitative estimate of drug-likeness (QED) is 0.263. The maximum atomic E-state index is 13.7. The maximum absolute atomic E-state index is 13.7. The van der Waals surface area contributed by atoms with E-state index in [1.54, 1.807) is 19.2 Å². The van der Waals surface area contributed by atoms with Crippen molar-refractivity contribution in [1.82, 2.24) is 25.3 Å². The third-order valence-corrected chi connectivity index (χ3v) is 5.22. The topological polar surface area (TPSA) is 57.5 Å². The number of hydrogen-bond acceptors (Lipinski definition) is 3. The summed E-state index contributed by atoms with van der Waals surface area (Å²) in [4.78, 5) is 6.41. The highest BCUT2D eigenvalue weighted by molar-refractivity contribution is 14.0. The van der Waals surface area contributed by atoms with Crippen molar-refractivity contribution >= 4 is 29.9 Å². The number of nitrogens with one attached hydrogen (secondary N) is 2. The molecule has 2 N–H and O–H groups in total. The number of benzene rings is 2. The third kappa shape index (κ3) is 6.52. The number of aromatic nitrogens is 2. The van der Waals surface area contributed by atoms with E-state index < -0.39 is 0 Å². The molecule has 3 aromatic rings. The molecule has 32 heavy (non-hydrogen) atoms. The zero-order chi connectivity index (χ0) is 22.4. The predicted molar refractivity (Wildman–Crippen MR) is 139 cm³/mol. The number of aliphatic imine (C=N–C) groups is 1. The first kappa shape index (κ1) is 25.8. The SMILES string of the molecule is CN=C(NCc1ccccc1-n1nc(C)cc1C)NCC(c1cccc(F)c1)N(C)C.I. The average Bonchev–Trinajstić information content (AvgIpc) is 3.08. The van der Waals surface area contributed by atoms with E-state index in [0.717, 1.165) is 28.2 Å². The minimum atomic E-state index is -0.229. The van der Waals surface area contributed by atoms with Crippen molar-refractivity contribution in [3.05, 3.63) is 82.9 Å². The van der Waals surface area contributed by atoms with Crippen LogP contribution in [0.25, 0.3) is 5.69 Å². The fraction of sp³-hybridized carbons (Fsp3) is 0.333. The summed E-state index contributed by atoms with van der Waals surface area (Å²) in [6.45, 7) is 5.24. The van der Waals surface area contributed by atoms with Gasteiger partial charge in [0.2, 0.25) is 0 Å². The molecule has 0 bridgehead atoms. The number of likely N-dealkylation sites (N-methyl/N-ethyl adjacent to an activating group) is 1. The first-order valence-electron chi connectivity index (χ1n) is 10.4. The lowest BCUT2D eigenvalue weighted by Gasteiger charge is -2.26. The van der Waals surface area contributed by atoms with E-state index in [2.05, 4.69) is 50.7 Å². The summed E-state index contributed by atoms with van der Waals surface area (Å²) < 4.78 is 15.7. The maximum Gasteiger partial charge on any atom is 0.191 e. The van der Waals surface area contributed by atoms with E-state index in [1.807, 2.05) is 43.9 Å². The molecule has 3 rings (SSSR count). The van der Waals surface area contributed by atoms with Crippen LogP contribution in [-0.2, 0) is 6.54 Å². The Morgan fingerprint density at radius 1 is 1.09 bits per heavy atom. The van der Waals surface area contributed by atoms with Crippen molar-refractivity contribution in [2.75, 3.05) is 27.7 Å². The van der Waals surface area contributed by atoms with Crippen LogP contribution in [-0.4, -0.2) is 48.3 Å². The van der Waals surface area contributed by atoms with Crippen LogP contribution in [0.15, 0.2) is 59.6 Å². The van der Waals surface area contributed by atoms with Gasteiger partial charge in [0, 0.05) is 25.8 Å². The van der Waals surface area contributed by atoms with Crippen LogP contribution >= 0.6 is 24.0 Å². The Kier molecular flexibility index (Phi) is 9.64. The predicted octanol–water partition coefficient (Wildman–Crippen LogP) is 4.21. The lowest BCUT2D eigenvalue weighted by molar-refractivity contribution is 0.297. The number of guanidine groups is 1. The molecule has 0 aliphatic carbocycles. The molecule has 0 radical (unpaired) electrons. The van der Waals surface area contributed by atoms with Crippen LogP contribution in [0.4, 0.5) is 4.39 Å². The second kappa shape index (κ2) is 12.0. The number of nitrogens with zero attached hydrogens (tertiary/aromatic N) is 4. The zero-order valence-corrected chi connectivity index (χ0v) is 21.6. The fourth-order valence-electron chi connectivity index (χ4n) is 3.65. The van der Waals surface area contributed by atoms with Crippen LogP contribution < -0.4 is 10.6 Å². The molecule has 1 atom stereocenters. The molecule has 1 heterocycles. The first-order valence-corrected chi connectivity index (χ1v) is 10.4. The van der Waals surface area contributed by atoms with Gasteiger partial charge in [-0.05, 0) is 63.3 Å². The van der Waals surface area contributed by atoms with Crippen molar-refractivity contribution in [3.8, 4) is 5.69 Å². The highest BCUT2D eigenvalue weighted by Gasteiger charge is 2.16. The van der Waals surface area contributed by atoms with Crippen molar-refractivity contribution in [2.24, 2.45) is 4.99 Å². The fourth-order valence-corrected chi connectivity index (χ4v) is 3.65. The van der Waals surface area contributed by atoms with Crippen LogP contribution in [0.1, 0.15) is 28.6 Å². The van der Waals surface area contributed by atoms with Gasteiger partial charge in [0.15, 0.2) is 5.96 Å². The summed E-state index contributed by atoms with van der Waals surface area (Å²) in [6.07, 6.45) is 0. The van der Waals surface area contributed by atoms with Crippen LogP contribution in [0.2, 0.25) is 0 Å². The van der Waals surface area contributed by atoms with Gasteiger partial charge in [-0.2, -0.15) is 5.10 Å². The summed E-state index contributed by atoms with van der Waals surface area (Å²) >= 11 is 0. The number of rotatable bonds is 7. The molecule has 0 aliphatic heterocycles. The van der Waals surface area contributed by atoms with Crippen molar-refractivity contribution in [3.63, 3.8) is 0 Å². The molecule has 0 fully saturated rings. The highest BCUT2D eigenvalue weighted by atomic mass is 127. The first-order chi connectivity index (χ1) is 14.9. The molecule has 8 heteroatoms. The van der Waals surface area contributed by atoms with E-state index in [4.69, 9.17) is 0 Å². The van der Waals surface area contributed by atoms with Crippen LogP contribution in [0, 0.1) is 19.7 Å². The summed E-state index contributed by atoms with van der Waals surface area (Å²) in [6, 6.07) is 17.0. The Hall–Kier alpha value is -2.46. The van der Waals surface area contributed by atoms with Gasteiger partial charge in [-0.15, -0.1) is 24.0 Å². The van der Waals surface area contributed by atoms with Gasteiger partial charge in [0.05, 0.1) is 17.4 Å². The molecule has 1 aromatic heterocycles. The largest absolute Gasteiger partial charge is 0.354 e. The van der Waals surface area contributed by atoms with E-state index in [0.29, 0.717) is 19.0 Å². The summed E-state index contributed by atoms with van der Waals surface area (Å²) in [5.41, 5.74) is 5.16. The second-order valence-corrected chi connectivity index (χ2v) is 7.81. The average molecular weight is 550 g/mol. The van der Waals surface area contributed by atoms with Crippen LogP contribution in [0.5, 0.6) is 0 Å². The number of halogens is 2. The normalized spacial score (nSPS) is 12.4. The molecule has 0 spiro atoms. The summed E-state index contributed by atoms with van der Waals surface area (Å²) in [5, 5.41) is 11.4. The number of hydrogen-bond donors (Lipinski definition) is 2. The molecule has 2 aromatic carbocycles.